The van der Waals surface area contributed by atoms with Gasteiger partial charge in [-0.15, -0.1) is 6.58 Å². The first-order chi connectivity index (χ1) is 13.7. The number of nitrogens with zero attached hydrogens (tertiary/aromatic N) is 1. The van der Waals surface area contributed by atoms with Gasteiger partial charge in [0.1, 0.15) is 30.8 Å². The first-order valence-corrected chi connectivity index (χ1v) is 9.92. The van der Waals surface area contributed by atoms with Crippen LogP contribution >= 0.6 is 0 Å². The standard InChI is InChI=1S/C23H30N2O3/c1-3-8-19-9-4-6-11-22(19)28-18-20(26)17-24-13-15-25(16-14-24)21-10-5-7-12-23(21)27-2/h3-7,9-12,20,26H,1,8,13-18H2,2H3/p+1/t20-/m1/s1. The van der Waals surface area contributed by atoms with Crippen molar-refractivity contribution in [1.82, 2.24) is 0 Å². The molecule has 0 radical (unpaired) electrons. The Balaban J connectivity index is 1.46. The topological polar surface area (TPSA) is 46.4 Å². The molecule has 150 valence electrons. The number of quaternary nitrogens is 1. The van der Waals surface area contributed by atoms with Crippen LogP contribution in [-0.2, 0) is 6.42 Å². The summed E-state index contributed by atoms with van der Waals surface area (Å²) >= 11 is 0. The molecule has 2 N–H and O–H groups in total. The Kier molecular flexibility index (Phi) is 7.34. The number of rotatable bonds is 9. The van der Waals surface area contributed by atoms with Gasteiger partial charge >= 0.3 is 0 Å². The summed E-state index contributed by atoms with van der Waals surface area (Å²) in [6.07, 6.45) is 2.15. The number of hydrogen-bond donors (Lipinski definition) is 2. The zero-order valence-corrected chi connectivity index (χ0v) is 16.6. The van der Waals surface area contributed by atoms with E-state index in [0.717, 1.165) is 55.3 Å². The fraction of sp³-hybridized carbons (Fsp3) is 0.391. The lowest BCUT2D eigenvalue weighted by Crippen LogP contribution is -3.16. The lowest BCUT2D eigenvalue weighted by Gasteiger charge is -2.35. The SMILES string of the molecule is C=CCc1ccccc1OC[C@H](O)C[NH+]1CCN(c2ccccc2OC)CC1. The van der Waals surface area contributed by atoms with Gasteiger partial charge in [-0.2, -0.15) is 0 Å². The molecule has 0 saturated carbocycles. The zero-order valence-electron chi connectivity index (χ0n) is 16.6. The van der Waals surface area contributed by atoms with E-state index in [9.17, 15) is 5.11 Å². The maximum atomic E-state index is 10.4. The van der Waals surface area contributed by atoms with Gasteiger partial charge in [-0.05, 0) is 30.2 Å². The second-order valence-electron chi connectivity index (χ2n) is 7.18. The number of aliphatic hydroxyl groups excluding tert-OH is 1. The molecule has 5 heteroatoms. The maximum Gasteiger partial charge on any atom is 0.142 e. The molecule has 1 aliphatic rings. The van der Waals surface area contributed by atoms with E-state index in [2.05, 4.69) is 17.5 Å². The second-order valence-corrected chi connectivity index (χ2v) is 7.18. The highest BCUT2D eigenvalue weighted by atomic mass is 16.5. The molecule has 0 aromatic heterocycles. The Morgan fingerprint density at radius 1 is 1.11 bits per heavy atom. The van der Waals surface area contributed by atoms with Crippen molar-refractivity contribution in [2.24, 2.45) is 0 Å². The molecule has 0 unspecified atom stereocenters. The second kappa shape index (κ2) is 10.2. The van der Waals surface area contributed by atoms with Crippen molar-refractivity contribution in [3.63, 3.8) is 0 Å². The van der Waals surface area contributed by atoms with Crippen molar-refractivity contribution < 1.29 is 19.5 Å². The molecular formula is C23H31N2O3+. The third-order valence-corrected chi connectivity index (χ3v) is 5.19. The van der Waals surface area contributed by atoms with Crippen molar-refractivity contribution in [3.05, 3.63) is 66.7 Å². The number of allylic oxidation sites excluding steroid dienone is 1. The number of benzene rings is 2. The van der Waals surface area contributed by atoms with Crippen molar-refractivity contribution in [3.8, 4) is 11.5 Å². The molecule has 5 nitrogen and oxygen atoms in total. The summed E-state index contributed by atoms with van der Waals surface area (Å²) in [4.78, 5) is 3.76. The van der Waals surface area contributed by atoms with E-state index in [1.54, 1.807) is 7.11 Å². The van der Waals surface area contributed by atoms with Gasteiger partial charge in [-0.3, -0.25) is 0 Å². The number of aliphatic hydroxyl groups is 1. The molecule has 0 aliphatic carbocycles. The first-order valence-electron chi connectivity index (χ1n) is 9.92. The molecular weight excluding hydrogens is 352 g/mol. The lowest BCUT2D eigenvalue weighted by atomic mass is 10.1. The number of piperazine rings is 1. The molecule has 0 amide bonds. The molecule has 0 bridgehead atoms. The quantitative estimate of drug-likeness (QED) is 0.646. The van der Waals surface area contributed by atoms with E-state index in [1.165, 1.54) is 4.90 Å². The molecule has 1 saturated heterocycles. The number of anilines is 1. The summed E-state index contributed by atoms with van der Waals surface area (Å²) < 4.78 is 11.4. The number of ether oxygens (including phenoxy) is 2. The Hall–Kier alpha value is -2.50. The molecule has 1 fully saturated rings. The average molecular weight is 384 g/mol. The monoisotopic (exact) mass is 383 g/mol. The van der Waals surface area contributed by atoms with Crippen molar-refractivity contribution in [2.75, 3.05) is 51.3 Å². The van der Waals surface area contributed by atoms with Crippen LogP contribution < -0.4 is 19.3 Å². The third kappa shape index (κ3) is 5.27. The van der Waals surface area contributed by atoms with Crippen LogP contribution in [0.4, 0.5) is 5.69 Å². The van der Waals surface area contributed by atoms with Crippen LogP contribution in [0, 0.1) is 0 Å². The Labute approximate surface area is 167 Å². The van der Waals surface area contributed by atoms with Gasteiger partial charge < -0.3 is 24.4 Å². The van der Waals surface area contributed by atoms with Crippen LogP contribution in [0.15, 0.2) is 61.2 Å². The minimum absolute atomic E-state index is 0.313. The van der Waals surface area contributed by atoms with E-state index in [1.807, 2.05) is 48.5 Å². The lowest BCUT2D eigenvalue weighted by molar-refractivity contribution is -0.903. The van der Waals surface area contributed by atoms with Crippen LogP contribution in [0.5, 0.6) is 11.5 Å². The van der Waals surface area contributed by atoms with Crippen LogP contribution in [-0.4, -0.2) is 57.7 Å². The van der Waals surface area contributed by atoms with E-state index < -0.39 is 6.10 Å². The molecule has 2 aromatic carbocycles. The van der Waals surface area contributed by atoms with Gasteiger partial charge in [-0.1, -0.05) is 36.4 Å². The molecule has 1 atom stereocenters. The predicted octanol–water partition coefficient (Wildman–Crippen LogP) is 1.57. The molecule has 2 aromatic rings. The summed E-state index contributed by atoms with van der Waals surface area (Å²) in [7, 11) is 1.71. The molecule has 3 rings (SSSR count). The highest BCUT2D eigenvalue weighted by molar-refractivity contribution is 5.58. The minimum Gasteiger partial charge on any atom is -0.495 e. The normalized spacial score (nSPS) is 15.9. The summed E-state index contributed by atoms with van der Waals surface area (Å²) in [5.41, 5.74) is 2.24. The van der Waals surface area contributed by atoms with Gasteiger partial charge in [-0.25, -0.2) is 0 Å². The smallest absolute Gasteiger partial charge is 0.142 e. The van der Waals surface area contributed by atoms with Crippen LogP contribution in [0.2, 0.25) is 0 Å². The minimum atomic E-state index is -0.482. The maximum absolute atomic E-state index is 10.4. The van der Waals surface area contributed by atoms with Gasteiger partial charge in [0, 0.05) is 0 Å². The number of para-hydroxylation sites is 3. The van der Waals surface area contributed by atoms with E-state index in [-0.39, 0.29) is 0 Å². The van der Waals surface area contributed by atoms with Gasteiger partial charge in [0.2, 0.25) is 0 Å². The predicted molar refractivity (Wildman–Crippen MR) is 113 cm³/mol. The summed E-state index contributed by atoms with van der Waals surface area (Å²) in [5.74, 6) is 1.75. The first kappa shape index (κ1) is 20.2. The van der Waals surface area contributed by atoms with Crippen LogP contribution in [0.1, 0.15) is 5.56 Å². The van der Waals surface area contributed by atoms with E-state index >= 15 is 0 Å². The summed E-state index contributed by atoms with van der Waals surface area (Å²) in [5, 5.41) is 10.4. The average Bonchev–Trinajstić information content (AvgIpc) is 2.74. The molecule has 1 heterocycles. The Bertz CT molecular complexity index is 757. The molecule has 0 spiro atoms. The third-order valence-electron chi connectivity index (χ3n) is 5.19. The molecule has 1 aliphatic heterocycles. The number of methoxy groups -OCH3 is 1. The van der Waals surface area contributed by atoms with Gasteiger partial charge in [0.15, 0.2) is 0 Å². The zero-order chi connectivity index (χ0) is 19.8. The van der Waals surface area contributed by atoms with E-state index in [4.69, 9.17) is 9.47 Å². The van der Waals surface area contributed by atoms with Gasteiger partial charge in [0.25, 0.3) is 0 Å². The van der Waals surface area contributed by atoms with Gasteiger partial charge in [0.05, 0.1) is 39.0 Å². The number of hydrogen-bond acceptors (Lipinski definition) is 4. The van der Waals surface area contributed by atoms with Crippen LogP contribution in [0.3, 0.4) is 0 Å². The Morgan fingerprint density at radius 2 is 1.79 bits per heavy atom. The molecule has 28 heavy (non-hydrogen) atoms. The summed E-state index contributed by atoms with van der Waals surface area (Å²) in [6.45, 7) is 8.68. The van der Waals surface area contributed by atoms with Crippen LogP contribution in [0.25, 0.3) is 0 Å². The van der Waals surface area contributed by atoms with Crippen molar-refractivity contribution in [2.45, 2.75) is 12.5 Å². The summed E-state index contributed by atoms with van der Waals surface area (Å²) in [6, 6.07) is 16.1. The largest absolute Gasteiger partial charge is 0.495 e. The highest BCUT2D eigenvalue weighted by Gasteiger charge is 2.24. The number of nitrogens with one attached hydrogen (secondary N) is 1. The fourth-order valence-corrected chi connectivity index (χ4v) is 3.71. The fourth-order valence-electron chi connectivity index (χ4n) is 3.71. The Morgan fingerprint density at radius 3 is 2.50 bits per heavy atom. The van der Waals surface area contributed by atoms with E-state index in [0.29, 0.717) is 13.2 Å². The van der Waals surface area contributed by atoms with Crippen molar-refractivity contribution in [1.29, 1.82) is 0 Å². The highest BCUT2D eigenvalue weighted by Crippen LogP contribution is 2.27. The van der Waals surface area contributed by atoms with Crippen molar-refractivity contribution >= 4 is 5.69 Å².